The molecule has 0 atom stereocenters. The summed E-state index contributed by atoms with van der Waals surface area (Å²) in [7, 11) is 4.54. The number of thioether (sulfide) groups is 1. The molecule has 0 fully saturated rings. The van der Waals surface area contributed by atoms with E-state index in [-0.39, 0.29) is 9.48 Å². The third kappa shape index (κ3) is 4.07. The van der Waals surface area contributed by atoms with Crippen molar-refractivity contribution in [2.75, 3.05) is 17.2 Å². The molecule has 0 N–H and O–H groups in total. The van der Waals surface area contributed by atoms with Crippen LogP contribution in [0.15, 0.2) is 44.8 Å². The van der Waals surface area contributed by atoms with E-state index in [1.54, 1.807) is 16.7 Å². The smallest absolute Gasteiger partial charge is 0.268 e. The number of rotatable bonds is 6. The van der Waals surface area contributed by atoms with Gasteiger partial charge in [0, 0.05) is 17.2 Å². The summed E-state index contributed by atoms with van der Waals surface area (Å²) in [5.41, 5.74) is 0.704. The third-order valence-corrected chi connectivity index (χ3v) is 9.31. The topological polar surface area (TPSA) is 37.4 Å². The second-order valence-electron chi connectivity index (χ2n) is 4.47. The minimum Gasteiger partial charge on any atom is -0.329 e. The second kappa shape index (κ2) is 8.35. The second-order valence-corrected chi connectivity index (χ2v) is 11.1. The fourth-order valence-corrected chi connectivity index (χ4v) is 7.33. The monoisotopic (exact) mass is 453 g/mol. The standard InChI is InChI=1S/C14H9Cl2NO2S5/c15-11-9(13(18)23-21-11)17(10-12(16)22-24-14(10)19)6-7-20-8-4-2-1-3-5-8/h1-5H,6-7H2. The van der Waals surface area contributed by atoms with Crippen LogP contribution in [0.1, 0.15) is 0 Å². The average Bonchev–Trinajstić information content (AvgIpc) is 3.08. The van der Waals surface area contributed by atoms with E-state index in [1.807, 2.05) is 30.3 Å². The van der Waals surface area contributed by atoms with Crippen molar-refractivity contribution in [2.24, 2.45) is 0 Å². The molecule has 0 spiro atoms. The molecule has 24 heavy (non-hydrogen) atoms. The maximum atomic E-state index is 12.2. The van der Waals surface area contributed by atoms with Crippen LogP contribution in [-0.2, 0) is 0 Å². The third-order valence-electron chi connectivity index (χ3n) is 3.01. The van der Waals surface area contributed by atoms with Crippen molar-refractivity contribution in [1.29, 1.82) is 0 Å². The fraction of sp³-hybridized carbons (Fsp3) is 0.143. The lowest BCUT2D eigenvalue weighted by molar-refractivity contribution is 1.03. The Hall–Kier alpha value is -0.350. The molecule has 0 saturated heterocycles. The molecule has 0 amide bonds. The highest BCUT2D eigenvalue weighted by molar-refractivity contribution is 7.99. The van der Waals surface area contributed by atoms with Crippen LogP contribution in [-0.4, -0.2) is 12.3 Å². The van der Waals surface area contributed by atoms with Crippen LogP contribution in [0.3, 0.4) is 0 Å². The summed E-state index contributed by atoms with van der Waals surface area (Å²) in [5.74, 6) is 0.691. The molecule has 0 unspecified atom stereocenters. The lowest BCUT2D eigenvalue weighted by Gasteiger charge is -2.21. The van der Waals surface area contributed by atoms with Gasteiger partial charge >= 0.3 is 0 Å². The fourth-order valence-electron chi connectivity index (χ4n) is 2.01. The molecule has 2 heterocycles. The van der Waals surface area contributed by atoms with Crippen molar-refractivity contribution in [3.63, 3.8) is 0 Å². The van der Waals surface area contributed by atoms with Gasteiger partial charge in [-0.1, -0.05) is 62.1 Å². The van der Waals surface area contributed by atoms with E-state index < -0.39 is 0 Å². The first-order valence-corrected chi connectivity index (χ1v) is 12.6. The summed E-state index contributed by atoms with van der Waals surface area (Å²) < 4.78 is 0.477. The van der Waals surface area contributed by atoms with Crippen LogP contribution in [0.2, 0.25) is 8.67 Å². The zero-order chi connectivity index (χ0) is 17.1. The van der Waals surface area contributed by atoms with Crippen molar-refractivity contribution >= 4 is 87.7 Å². The van der Waals surface area contributed by atoms with Gasteiger partial charge in [-0.2, -0.15) is 0 Å². The van der Waals surface area contributed by atoms with E-state index in [0.717, 1.165) is 25.6 Å². The van der Waals surface area contributed by atoms with Gasteiger partial charge in [0.1, 0.15) is 20.0 Å². The Balaban J connectivity index is 1.89. The predicted octanol–water partition coefficient (Wildman–Crippen LogP) is 5.89. The Morgan fingerprint density at radius 3 is 1.88 bits per heavy atom. The lowest BCUT2D eigenvalue weighted by Crippen LogP contribution is -2.27. The lowest BCUT2D eigenvalue weighted by atomic mass is 10.4. The van der Waals surface area contributed by atoms with Crippen molar-refractivity contribution in [1.82, 2.24) is 0 Å². The first kappa shape index (κ1) is 18.4. The van der Waals surface area contributed by atoms with Crippen LogP contribution >= 0.6 is 76.3 Å². The van der Waals surface area contributed by atoms with E-state index in [2.05, 4.69) is 0 Å². The van der Waals surface area contributed by atoms with E-state index in [9.17, 15) is 9.59 Å². The highest BCUT2D eigenvalue weighted by Gasteiger charge is 2.24. The minimum absolute atomic E-state index is 0.152. The molecule has 3 nitrogen and oxygen atoms in total. The van der Waals surface area contributed by atoms with Crippen molar-refractivity contribution in [3.05, 3.63) is 58.1 Å². The van der Waals surface area contributed by atoms with Crippen molar-refractivity contribution < 1.29 is 0 Å². The average molecular weight is 454 g/mol. The van der Waals surface area contributed by atoms with E-state index >= 15 is 0 Å². The van der Waals surface area contributed by atoms with E-state index in [4.69, 9.17) is 23.2 Å². The molecule has 1 aromatic carbocycles. The van der Waals surface area contributed by atoms with Gasteiger partial charge in [-0.25, -0.2) is 0 Å². The first-order valence-electron chi connectivity index (χ1n) is 6.60. The summed E-state index contributed by atoms with van der Waals surface area (Å²) in [6.45, 7) is 0.469. The van der Waals surface area contributed by atoms with Gasteiger partial charge < -0.3 is 4.90 Å². The zero-order valence-electron chi connectivity index (χ0n) is 11.9. The summed E-state index contributed by atoms with van der Waals surface area (Å²) in [6.07, 6.45) is 0. The molecule has 126 valence electrons. The molecule has 0 aliphatic rings. The first-order chi connectivity index (χ1) is 11.6. The summed E-state index contributed by atoms with van der Waals surface area (Å²) in [4.78, 5) is 27.2. The van der Waals surface area contributed by atoms with Crippen LogP contribution in [0.5, 0.6) is 0 Å². The highest BCUT2D eigenvalue weighted by atomic mass is 35.5. The SMILES string of the molecule is O=c1ssc(Cl)c1N(CCSc1ccccc1)c1c(Cl)ssc1=O. The number of halogens is 2. The predicted molar refractivity (Wildman–Crippen MR) is 111 cm³/mol. The molecule has 10 heteroatoms. The molecular formula is C14H9Cl2NO2S5. The molecule has 0 aliphatic heterocycles. The zero-order valence-corrected chi connectivity index (χ0v) is 17.5. The highest BCUT2D eigenvalue weighted by Crippen LogP contribution is 2.39. The van der Waals surface area contributed by atoms with Gasteiger partial charge in [0.05, 0.1) is 0 Å². The molecule has 2 aromatic heterocycles. The number of hydrogen-bond acceptors (Lipinski definition) is 8. The number of nitrogens with zero attached hydrogens (tertiary/aromatic N) is 1. The Morgan fingerprint density at radius 1 is 0.875 bits per heavy atom. The number of benzene rings is 1. The van der Waals surface area contributed by atoms with Crippen LogP contribution in [0, 0.1) is 0 Å². The molecule has 0 bridgehead atoms. The molecule has 0 aliphatic carbocycles. The van der Waals surface area contributed by atoms with Gasteiger partial charge in [-0.3, -0.25) is 9.59 Å². The minimum atomic E-state index is -0.152. The summed E-state index contributed by atoms with van der Waals surface area (Å²) in [5, 5.41) is 0. The Kier molecular flexibility index (Phi) is 6.42. The van der Waals surface area contributed by atoms with Gasteiger partial charge in [0.15, 0.2) is 0 Å². The number of hydrogen-bond donors (Lipinski definition) is 0. The van der Waals surface area contributed by atoms with Crippen molar-refractivity contribution in [3.8, 4) is 0 Å². The molecule has 0 radical (unpaired) electrons. The van der Waals surface area contributed by atoms with Gasteiger partial charge in [-0.05, 0) is 32.8 Å². The Bertz CT molecular complexity index is 876. The molecule has 3 rings (SSSR count). The van der Waals surface area contributed by atoms with E-state index in [1.165, 1.54) is 20.7 Å². The Morgan fingerprint density at radius 2 is 1.42 bits per heavy atom. The van der Waals surface area contributed by atoms with Crippen LogP contribution in [0.4, 0.5) is 11.4 Å². The quantitative estimate of drug-likeness (QED) is 0.344. The van der Waals surface area contributed by atoms with Gasteiger partial charge in [0.25, 0.3) is 9.48 Å². The van der Waals surface area contributed by atoms with Crippen LogP contribution in [0.25, 0.3) is 0 Å². The maximum Gasteiger partial charge on any atom is 0.268 e. The number of anilines is 2. The Labute approximate surface area is 166 Å². The van der Waals surface area contributed by atoms with Gasteiger partial charge in [-0.15, -0.1) is 11.8 Å². The van der Waals surface area contributed by atoms with Crippen LogP contribution < -0.4 is 14.4 Å². The normalized spacial score (nSPS) is 10.9. The molecule has 3 aromatic rings. The maximum absolute atomic E-state index is 12.2. The summed E-state index contributed by atoms with van der Waals surface area (Å²) >= 11 is 14.0. The summed E-state index contributed by atoms with van der Waals surface area (Å²) in [6, 6.07) is 9.95. The molecule has 0 saturated carbocycles. The van der Waals surface area contributed by atoms with E-state index in [0.29, 0.717) is 32.3 Å². The van der Waals surface area contributed by atoms with Gasteiger partial charge in [0.2, 0.25) is 0 Å². The van der Waals surface area contributed by atoms with Crippen molar-refractivity contribution in [2.45, 2.75) is 4.90 Å². The molecular weight excluding hydrogens is 445 g/mol. The largest absolute Gasteiger partial charge is 0.329 e.